The highest BCUT2D eigenvalue weighted by atomic mass is 16.5. The monoisotopic (exact) mass is 259 g/mol. The molecule has 1 saturated heterocycles. The molecule has 0 spiro atoms. The summed E-state index contributed by atoms with van der Waals surface area (Å²) in [5.74, 6) is 1.71. The molecule has 0 aromatic heterocycles. The summed E-state index contributed by atoms with van der Waals surface area (Å²) >= 11 is 0. The molecule has 102 valence electrons. The summed E-state index contributed by atoms with van der Waals surface area (Å²) in [6, 6.07) is 8.29. The van der Waals surface area contributed by atoms with Crippen LogP contribution in [-0.4, -0.2) is 36.4 Å². The molecular weight excluding hydrogens is 238 g/mol. The van der Waals surface area contributed by atoms with E-state index in [4.69, 9.17) is 4.74 Å². The molecule has 3 rings (SSSR count). The van der Waals surface area contributed by atoms with Gasteiger partial charge in [0.2, 0.25) is 0 Å². The predicted molar refractivity (Wildman–Crippen MR) is 74.6 cm³/mol. The first kappa shape index (κ1) is 12.7. The molecule has 1 aliphatic carbocycles. The summed E-state index contributed by atoms with van der Waals surface area (Å²) in [6.07, 6.45) is 4.15. The first-order valence-corrected chi connectivity index (χ1v) is 7.21. The van der Waals surface area contributed by atoms with Crippen LogP contribution in [0.1, 0.15) is 36.5 Å². The van der Waals surface area contributed by atoms with Crippen molar-refractivity contribution in [3.8, 4) is 5.75 Å². The van der Waals surface area contributed by atoms with E-state index in [1.807, 2.05) is 24.3 Å². The van der Waals surface area contributed by atoms with E-state index in [9.17, 15) is 4.79 Å². The van der Waals surface area contributed by atoms with Gasteiger partial charge >= 0.3 is 0 Å². The van der Waals surface area contributed by atoms with Crippen molar-refractivity contribution in [2.75, 3.05) is 19.7 Å². The van der Waals surface area contributed by atoms with Gasteiger partial charge in [0.1, 0.15) is 12.4 Å². The van der Waals surface area contributed by atoms with E-state index >= 15 is 0 Å². The number of fused-ring (bicyclic) bond motifs is 2. The molecule has 1 aromatic rings. The van der Waals surface area contributed by atoms with Gasteiger partial charge in [0.15, 0.2) is 5.78 Å². The van der Waals surface area contributed by atoms with E-state index in [1.54, 1.807) is 6.92 Å². The third-order valence-corrected chi connectivity index (χ3v) is 4.43. The second-order valence-corrected chi connectivity index (χ2v) is 5.73. The Kier molecular flexibility index (Phi) is 3.56. The molecular formula is C16H21NO2. The van der Waals surface area contributed by atoms with Crippen molar-refractivity contribution < 1.29 is 9.53 Å². The molecule has 19 heavy (non-hydrogen) atoms. The molecule has 1 aliphatic heterocycles. The Morgan fingerprint density at radius 1 is 1.37 bits per heavy atom. The van der Waals surface area contributed by atoms with Crippen LogP contribution in [0.15, 0.2) is 24.3 Å². The normalized spacial score (nSPS) is 25.7. The average molecular weight is 259 g/mol. The highest BCUT2D eigenvalue weighted by Crippen LogP contribution is 2.36. The molecule has 2 atom stereocenters. The van der Waals surface area contributed by atoms with Crippen LogP contribution in [0.2, 0.25) is 0 Å². The van der Waals surface area contributed by atoms with Crippen molar-refractivity contribution in [3.63, 3.8) is 0 Å². The number of ketones is 1. The van der Waals surface area contributed by atoms with Crippen LogP contribution >= 0.6 is 0 Å². The van der Waals surface area contributed by atoms with Gasteiger partial charge < -0.3 is 4.74 Å². The van der Waals surface area contributed by atoms with Gasteiger partial charge in [-0.2, -0.15) is 0 Å². The SMILES string of the molecule is CC(=O)c1ccccc1OCCN1CC2CCC1C2. The smallest absolute Gasteiger partial charge is 0.163 e. The number of likely N-dealkylation sites (tertiary alicyclic amines) is 1. The molecule has 3 heteroatoms. The maximum absolute atomic E-state index is 11.5. The molecule has 0 N–H and O–H groups in total. The van der Waals surface area contributed by atoms with Gasteiger partial charge in [-0.1, -0.05) is 12.1 Å². The van der Waals surface area contributed by atoms with Gasteiger partial charge in [-0.3, -0.25) is 9.69 Å². The highest BCUT2D eigenvalue weighted by molar-refractivity contribution is 5.96. The molecule has 1 aromatic carbocycles. The van der Waals surface area contributed by atoms with E-state index in [0.717, 1.165) is 24.3 Å². The third-order valence-electron chi connectivity index (χ3n) is 4.43. The Labute approximate surface area is 114 Å². The van der Waals surface area contributed by atoms with Crippen LogP contribution in [0.25, 0.3) is 0 Å². The number of rotatable bonds is 5. The van der Waals surface area contributed by atoms with Gasteiger partial charge in [-0.15, -0.1) is 0 Å². The lowest BCUT2D eigenvalue weighted by Crippen LogP contribution is -2.35. The molecule has 1 saturated carbocycles. The number of benzene rings is 1. The molecule has 0 amide bonds. The zero-order valence-corrected chi connectivity index (χ0v) is 11.5. The minimum Gasteiger partial charge on any atom is -0.491 e. The van der Waals surface area contributed by atoms with Crippen LogP contribution in [0.3, 0.4) is 0 Å². The number of piperidine rings is 1. The summed E-state index contributed by atoms with van der Waals surface area (Å²) < 4.78 is 5.81. The molecule has 3 nitrogen and oxygen atoms in total. The number of hydrogen-bond acceptors (Lipinski definition) is 3. The number of Topliss-reactive ketones (excluding diaryl/α,β-unsaturated/α-hetero) is 1. The minimum atomic E-state index is 0.0656. The minimum absolute atomic E-state index is 0.0656. The first-order valence-electron chi connectivity index (χ1n) is 7.21. The van der Waals surface area contributed by atoms with Gasteiger partial charge in [-0.05, 0) is 44.2 Å². The second kappa shape index (κ2) is 5.33. The molecule has 0 radical (unpaired) electrons. The fraction of sp³-hybridized carbons (Fsp3) is 0.562. The zero-order valence-electron chi connectivity index (χ0n) is 11.5. The molecule has 2 unspecified atom stereocenters. The third kappa shape index (κ3) is 2.66. The average Bonchev–Trinajstić information content (AvgIpc) is 3.01. The van der Waals surface area contributed by atoms with Gasteiger partial charge in [0.05, 0.1) is 5.56 Å². The van der Waals surface area contributed by atoms with Crippen molar-refractivity contribution in [1.82, 2.24) is 4.90 Å². The van der Waals surface area contributed by atoms with Crippen LogP contribution < -0.4 is 4.74 Å². The van der Waals surface area contributed by atoms with Crippen molar-refractivity contribution in [1.29, 1.82) is 0 Å². The van der Waals surface area contributed by atoms with Crippen molar-refractivity contribution in [3.05, 3.63) is 29.8 Å². The lowest BCUT2D eigenvalue weighted by atomic mass is 10.1. The molecule has 2 aliphatic rings. The number of hydrogen-bond donors (Lipinski definition) is 0. The maximum Gasteiger partial charge on any atom is 0.163 e. The molecule has 2 bridgehead atoms. The predicted octanol–water partition coefficient (Wildman–Crippen LogP) is 2.75. The number of nitrogens with zero attached hydrogens (tertiary/aromatic N) is 1. The highest BCUT2D eigenvalue weighted by Gasteiger charge is 2.37. The fourth-order valence-corrected chi connectivity index (χ4v) is 3.46. The number of carbonyl (C=O) groups excluding carboxylic acids is 1. The lowest BCUT2D eigenvalue weighted by Gasteiger charge is -2.26. The summed E-state index contributed by atoms with van der Waals surface area (Å²) in [6.45, 7) is 4.48. The lowest BCUT2D eigenvalue weighted by molar-refractivity contribution is 0.101. The molecule has 1 heterocycles. The van der Waals surface area contributed by atoms with Crippen LogP contribution in [0, 0.1) is 5.92 Å². The Bertz CT molecular complexity index is 472. The van der Waals surface area contributed by atoms with E-state index in [-0.39, 0.29) is 5.78 Å². The first-order chi connectivity index (χ1) is 9.24. The zero-order chi connectivity index (χ0) is 13.2. The maximum atomic E-state index is 11.5. The molecule has 2 fully saturated rings. The topological polar surface area (TPSA) is 29.5 Å². The summed E-state index contributed by atoms with van der Waals surface area (Å²) in [5, 5.41) is 0. The summed E-state index contributed by atoms with van der Waals surface area (Å²) in [4.78, 5) is 14.0. The fourth-order valence-electron chi connectivity index (χ4n) is 3.46. The van der Waals surface area contributed by atoms with Crippen LogP contribution in [-0.2, 0) is 0 Å². The van der Waals surface area contributed by atoms with E-state index in [0.29, 0.717) is 12.2 Å². The quantitative estimate of drug-likeness (QED) is 0.761. The largest absolute Gasteiger partial charge is 0.491 e. The van der Waals surface area contributed by atoms with Crippen LogP contribution in [0.4, 0.5) is 0 Å². The van der Waals surface area contributed by atoms with Gasteiger partial charge in [0, 0.05) is 19.1 Å². The van der Waals surface area contributed by atoms with Crippen molar-refractivity contribution in [2.24, 2.45) is 5.92 Å². The standard InChI is InChI=1S/C16H21NO2/c1-12(18)15-4-2-3-5-16(15)19-9-8-17-11-13-6-7-14(17)10-13/h2-5,13-14H,6-11H2,1H3. The van der Waals surface area contributed by atoms with E-state index in [1.165, 1.54) is 25.8 Å². The van der Waals surface area contributed by atoms with Crippen molar-refractivity contribution >= 4 is 5.78 Å². The van der Waals surface area contributed by atoms with Crippen molar-refractivity contribution in [2.45, 2.75) is 32.2 Å². The Hall–Kier alpha value is -1.35. The Morgan fingerprint density at radius 2 is 2.21 bits per heavy atom. The second-order valence-electron chi connectivity index (χ2n) is 5.73. The van der Waals surface area contributed by atoms with E-state index < -0.39 is 0 Å². The Morgan fingerprint density at radius 3 is 2.89 bits per heavy atom. The van der Waals surface area contributed by atoms with Crippen LogP contribution in [0.5, 0.6) is 5.75 Å². The summed E-state index contributed by atoms with van der Waals surface area (Å²) in [5.41, 5.74) is 0.686. The summed E-state index contributed by atoms with van der Waals surface area (Å²) in [7, 11) is 0. The van der Waals surface area contributed by atoms with Gasteiger partial charge in [-0.25, -0.2) is 0 Å². The van der Waals surface area contributed by atoms with E-state index in [2.05, 4.69) is 4.90 Å². The Balaban J connectivity index is 1.54. The number of ether oxygens (including phenoxy) is 1. The van der Waals surface area contributed by atoms with Gasteiger partial charge in [0.25, 0.3) is 0 Å². The number of carbonyl (C=O) groups is 1. The number of para-hydroxylation sites is 1.